The number of hydrogen-bond donors (Lipinski definition) is 0. The van der Waals surface area contributed by atoms with Crippen LogP contribution in [0.5, 0.6) is 5.75 Å². The molecule has 28 heavy (non-hydrogen) atoms. The second-order valence-corrected chi connectivity index (χ2v) is 7.18. The van der Waals surface area contributed by atoms with Crippen LogP contribution in [-0.2, 0) is 30.4 Å². The summed E-state index contributed by atoms with van der Waals surface area (Å²) in [6.45, 7) is 1.84. The summed E-state index contributed by atoms with van der Waals surface area (Å²) < 4.78 is 16.3. The van der Waals surface area contributed by atoms with Crippen LogP contribution < -0.4 is 4.74 Å². The lowest BCUT2D eigenvalue weighted by Gasteiger charge is -2.44. The van der Waals surface area contributed by atoms with Crippen LogP contribution in [0.25, 0.3) is 0 Å². The Morgan fingerprint density at radius 1 is 1.11 bits per heavy atom. The van der Waals surface area contributed by atoms with Crippen molar-refractivity contribution in [1.82, 2.24) is 4.90 Å². The fraction of sp³-hybridized carbons (Fsp3) is 0.381. The Kier molecular flexibility index (Phi) is 4.06. The maximum absolute atomic E-state index is 13.0. The number of likely N-dealkylation sites (tertiary alicyclic amines) is 1. The number of benzene rings is 1. The van der Waals surface area contributed by atoms with Crippen molar-refractivity contribution in [2.45, 2.75) is 37.5 Å². The zero-order valence-electron chi connectivity index (χ0n) is 16.0. The van der Waals surface area contributed by atoms with Crippen molar-refractivity contribution in [2.24, 2.45) is 0 Å². The lowest BCUT2D eigenvalue weighted by molar-refractivity contribution is -0.168. The molecule has 1 fully saturated rings. The van der Waals surface area contributed by atoms with Gasteiger partial charge < -0.3 is 19.1 Å². The molecule has 1 aromatic rings. The van der Waals surface area contributed by atoms with E-state index in [1.54, 1.807) is 25.0 Å². The van der Waals surface area contributed by atoms with Gasteiger partial charge >= 0.3 is 5.97 Å². The van der Waals surface area contributed by atoms with E-state index in [-0.39, 0.29) is 36.0 Å². The number of hydrogen-bond acceptors (Lipinski definition) is 6. The summed E-state index contributed by atoms with van der Waals surface area (Å²) in [6.07, 6.45) is 3.69. The van der Waals surface area contributed by atoms with Gasteiger partial charge in [0.2, 0.25) is 11.7 Å². The second-order valence-electron chi connectivity index (χ2n) is 7.18. The molecule has 1 aromatic carbocycles. The predicted molar refractivity (Wildman–Crippen MR) is 98.2 cm³/mol. The third-order valence-electron chi connectivity index (χ3n) is 5.89. The summed E-state index contributed by atoms with van der Waals surface area (Å²) >= 11 is 0. The molecule has 1 amide bonds. The quantitative estimate of drug-likeness (QED) is 0.739. The molecule has 0 bridgehead atoms. The zero-order valence-corrected chi connectivity index (χ0v) is 16.0. The molecule has 0 unspecified atom stereocenters. The molecule has 2 spiro atoms. The van der Waals surface area contributed by atoms with Crippen LogP contribution in [0.1, 0.15) is 25.3 Å². The second kappa shape index (κ2) is 6.22. The first kappa shape index (κ1) is 18.3. The summed E-state index contributed by atoms with van der Waals surface area (Å²) in [6, 6.07) is 7.36. The number of nitrogens with zero attached hydrogens (tertiary/aromatic N) is 1. The minimum atomic E-state index is -1.65. The minimum absolute atomic E-state index is 0.106. The van der Waals surface area contributed by atoms with Crippen molar-refractivity contribution in [1.29, 1.82) is 0 Å². The Labute approximate surface area is 162 Å². The monoisotopic (exact) mass is 383 g/mol. The van der Waals surface area contributed by atoms with Crippen molar-refractivity contribution in [3.05, 3.63) is 53.3 Å². The number of methoxy groups -OCH3 is 2. The molecule has 7 nitrogen and oxygen atoms in total. The van der Waals surface area contributed by atoms with Gasteiger partial charge in [-0.05, 0) is 37.1 Å². The molecule has 4 rings (SSSR count). The summed E-state index contributed by atoms with van der Waals surface area (Å²) in [5, 5.41) is 0. The largest absolute Gasteiger partial charge is 0.497 e. The number of carbonyl (C=O) groups excluding carboxylic acids is 3. The van der Waals surface area contributed by atoms with E-state index in [9.17, 15) is 14.4 Å². The molecule has 7 heteroatoms. The Morgan fingerprint density at radius 3 is 2.46 bits per heavy atom. The van der Waals surface area contributed by atoms with E-state index in [0.29, 0.717) is 12.2 Å². The van der Waals surface area contributed by atoms with Crippen LogP contribution in [0.4, 0.5) is 0 Å². The van der Waals surface area contributed by atoms with E-state index < -0.39 is 17.1 Å². The van der Waals surface area contributed by atoms with Gasteiger partial charge in [-0.1, -0.05) is 18.2 Å². The topological polar surface area (TPSA) is 82.1 Å². The molecule has 0 N–H and O–H groups in total. The van der Waals surface area contributed by atoms with Gasteiger partial charge in [0.05, 0.1) is 19.8 Å². The summed E-state index contributed by atoms with van der Waals surface area (Å²) in [5.74, 6) is -0.197. The van der Waals surface area contributed by atoms with Gasteiger partial charge in [-0.15, -0.1) is 0 Å². The number of rotatable bonds is 4. The van der Waals surface area contributed by atoms with E-state index in [0.717, 1.165) is 5.56 Å². The number of esters is 1. The Morgan fingerprint density at radius 2 is 1.82 bits per heavy atom. The summed E-state index contributed by atoms with van der Waals surface area (Å²) in [7, 11) is 2.99. The van der Waals surface area contributed by atoms with Crippen molar-refractivity contribution in [3.63, 3.8) is 0 Å². The van der Waals surface area contributed by atoms with E-state index in [4.69, 9.17) is 14.2 Å². The molecular formula is C21H21NO6. The number of carbonyl (C=O) groups is 3. The Hall–Kier alpha value is -3.09. The smallest absolute Gasteiger partial charge is 0.338 e. The SMILES string of the molecule is COC1=C(C)C(=O)O[C@@]12C(=O)C=C[C@@]21CCC(=O)N1Cc1ccc(OC)cc1. The highest BCUT2D eigenvalue weighted by Crippen LogP contribution is 2.54. The zero-order chi connectivity index (χ0) is 20.1. The van der Waals surface area contributed by atoms with Crippen molar-refractivity contribution in [2.75, 3.05) is 14.2 Å². The van der Waals surface area contributed by atoms with Gasteiger partial charge in [-0.3, -0.25) is 9.59 Å². The predicted octanol–water partition coefficient (Wildman–Crippen LogP) is 1.91. The highest BCUT2D eigenvalue weighted by atomic mass is 16.6. The molecule has 2 heterocycles. The first-order valence-electron chi connectivity index (χ1n) is 9.05. The van der Waals surface area contributed by atoms with Gasteiger partial charge in [0.25, 0.3) is 5.60 Å². The van der Waals surface area contributed by atoms with Crippen molar-refractivity contribution in [3.8, 4) is 5.75 Å². The molecule has 1 saturated heterocycles. The van der Waals surface area contributed by atoms with Crippen LogP contribution in [0.3, 0.4) is 0 Å². The standard InChI is InChI=1S/C21H21NO6/c1-13-18(27-3)21(28-19(13)25)16(23)8-10-20(21)11-9-17(24)22(20)12-14-4-6-15(26-2)7-5-14/h4-8,10H,9,11-12H2,1-3H3/t20-,21+/m1/s1. The first-order chi connectivity index (χ1) is 13.4. The molecule has 1 aliphatic carbocycles. The minimum Gasteiger partial charge on any atom is -0.497 e. The number of ether oxygens (including phenoxy) is 3. The van der Waals surface area contributed by atoms with E-state index >= 15 is 0 Å². The van der Waals surface area contributed by atoms with Crippen LogP contribution in [0, 0.1) is 0 Å². The third kappa shape index (κ3) is 2.19. The molecule has 2 atom stereocenters. The Balaban J connectivity index is 1.79. The van der Waals surface area contributed by atoms with Gasteiger partial charge in [-0.25, -0.2) is 4.79 Å². The maximum Gasteiger partial charge on any atom is 0.338 e. The van der Waals surface area contributed by atoms with Crippen LogP contribution in [0.15, 0.2) is 47.7 Å². The highest BCUT2D eigenvalue weighted by Gasteiger charge is 2.72. The number of amides is 1. The fourth-order valence-corrected chi connectivity index (χ4v) is 4.50. The molecule has 0 aromatic heterocycles. The molecule has 0 radical (unpaired) electrons. The third-order valence-corrected chi connectivity index (χ3v) is 5.89. The molecule has 146 valence electrons. The van der Waals surface area contributed by atoms with Crippen LogP contribution in [-0.4, -0.2) is 47.9 Å². The maximum atomic E-state index is 13.0. The van der Waals surface area contributed by atoms with Gasteiger partial charge in [0.1, 0.15) is 11.3 Å². The molecule has 3 aliphatic rings. The Bertz CT molecular complexity index is 931. The van der Waals surface area contributed by atoms with E-state index in [2.05, 4.69) is 0 Å². The number of fused-ring (bicyclic) bond motifs is 1. The van der Waals surface area contributed by atoms with Crippen LogP contribution in [0.2, 0.25) is 0 Å². The van der Waals surface area contributed by atoms with Crippen molar-refractivity contribution >= 4 is 17.7 Å². The van der Waals surface area contributed by atoms with Gasteiger partial charge in [0, 0.05) is 13.0 Å². The van der Waals surface area contributed by atoms with Gasteiger partial charge in [0.15, 0.2) is 5.76 Å². The molecular weight excluding hydrogens is 362 g/mol. The van der Waals surface area contributed by atoms with E-state index in [1.165, 1.54) is 13.2 Å². The summed E-state index contributed by atoms with van der Waals surface area (Å²) in [4.78, 5) is 39.8. The molecule has 2 aliphatic heterocycles. The average Bonchev–Trinajstić information content (AvgIpc) is 3.26. The normalized spacial score (nSPS) is 28.8. The lowest BCUT2D eigenvalue weighted by Crippen LogP contribution is -2.63. The molecule has 0 saturated carbocycles. The summed E-state index contributed by atoms with van der Waals surface area (Å²) in [5.41, 5.74) is -1.62. The fourth-order valence-electron chi connectivity index (χ4n) is 4.50. The van der Waals surface area contributed by atoms with Crippen LogP contribution >= 0.6 is 0 Å². The van der Waals surface area contributed by atoms with E-state index in [1.807, 2.05) is 24.3 Å². The van der Waals surface area contributed by atoms with Crippen molar-refractivity contribution < 1.29 is 28.6 Å². The highest BCUT2D eigenvalue weighted by molar-refractivity contribution is 6.11. The lowest BCUT2D eigenvalue weighted by atomic mass is 9.77. The van der Waals surface area contributed by atoms with Gasteiger partial charge in [-0.2, -0.15) is 0 Å². The first-order valence-corrected chi connectivity index (χ1v) is 9.05. The average molecular weight is 383 g/mol. The number of ketones is 1.